The maximum atomic E-state index is 12.9. The van der Waals surface area contributed by atoms with Gasteiger partial charge in [0.05, 0.1) is 42.5 Å². The molecule has 1 N–H and O–H groups in total. The number of piperidine rings is 1. The van der Waals surface area contributed by atoms with Crippen LogP contribution in [0.1, 0.15) is 29.5 Å². The van der Waals surface area contributed by atoms with Crippen LogP contribution in [0, 0.1) is 11.3 Å². The van der Waals surface area contributed by atoms with Gasteiger partial charge in [0.2, 0.25) is 0 Å². The summed E-state index contributed by atoms with van der Waals surface area (Å²) in [5, 5.41) is 20.9. The molecule has 0 aliphatic carbocycles. The third-order valence-corrected chi connectivity index (χ3v) is 6.90. The first kappa shape index (κ1) is 23.1. The molecule has 0 spiro atoms. The normalized spacial score (nSPS) is 23.4. The lowest BCUT2D eigenvalue weighted by Crippen LogP contribution is -2.64. The predicted molar refractivity (Wildman–Crippen MR) is 131 cm³/mol. The lowest BCUT2D eigenvalue weighted by atomic mass is 9.77. The Kier molecular flexibility index (Phi) is 6.54. The van der Waals surface area contributed by atoms with Crippen LogP contribution >= 0.6 is 0 Å². The topological polar surface area (TPSA) is 82.8 Å². The second-order valence-electron chi connectivity index (χ2n) is 9.46. The highest BCUT2D eigenvalue weighted by Crippen LogP contribution is 2.37. The van der Waals surface area contributed by atoms with E-state index in [0.29, 0.717) is 38.0 Å². The van der Waals surface area contributed by atoms with E-state index in [1.807, 2.05) is 78.9 Å². The second kappa shape index (κ2) is 9.91. The number of hydrogen-bond acceptors (Lipinski definition) is 5. The van der Waals surface area contributed by atoms with E-state index in [2.05, 4.69) is 6.07 Å². The summed E-state index contributed by atoms with van der Waals surface area (Å²) in [6, 6.07) is 26.9. The van der Waals surface area contributed by atoms with Crippen LogP contribution in [0.2, 0.25) is 0 Å². The zero-order valence-corrected chi connectivity index (χ0v) is 19.5. The van der Waals surface area contributed by atoms with Crippen molar-refractivity contribution in [2.24, 2.45) is 0 Å². The number of nitriles is 1. The monoisotopic (exact) mass is 468 g/mol. The van der Waals surface area contributed by atoms with Gasteiger partial charge >= 0.3 is 6.09 Å². The van der Waals surface area contributed by atoms with Gasteiger partial charge in [-0.2, -0.15) is 5.26 Å². The number of nitrogens with zero attached hydrogens (tertiary/aromatic N) is 2. The summed E-state index contributed by atoms with van der Waals surface area (Å²) >= 11 is 0. The van der Waals surface area contributed by atoms with Crippen LogP contribution in [-0.2, 0) is 22.5 Å². The molecule has 2 saturated heterocycles. The number of carbonyl (C=O) groups is 1. The summed E-state index contributed by atoms with van der Waals surface area (Å²) in [4.78, 5) is 14.7. The summed E-state index contributed by atoms with van der Waals surface area (Å²) in [5.41, 5.74) is 3.54. The molecule has 2 heterocycles. The zero-order chi connectivity index (χ0) is 24.3. The van der Waals surface area contributed by atoms with Crippen LogP contribution in [-0.4, -0.2) is 47.0 Å². The van der Waals surface area contributed by atoms with E-state index >= 15 is 0 Å². The molecular weight excluding hydrogens is 440 g/mol. The van der Waals surface area contributed by atoms with Gasteiger partial charge in [0.15, 0.2) is 0 Å². The number of amides is 1. The summed E-state index contributed by atoms with van der Waals surface area (Å²) in [6.07, 6.45) is 1.01. The minimum absolute atomic E-state index is 0.224. The van der Waals surface area contributed by atoms with E-state index in [-0.39, 0.29) is 24.8 Å². The van der Waals surface area contributed by atoms with Gasteiger partial charge in [-0.05, 0) is 41.2 Å². The van der Waals surface area contributed by atoms with Crippen molar-refractivity contribution in [3.8, 4) is 17.2 Å². The summed E-state index contributed by atoms with van der Waals surface area (Å²) < 4.78 is 11.3. The second-order valence-corrected chi connectivity index (χ2v) is 9.46. The minimum atomic E-state index is -0.929. The molecule has 5 rings (SSSR count). The predicted octanol–water partition coefficient (Wildman–Crippen LogP) is 4.70. The van der Waals surface area contributed by atoms with Gasteiger partial charge < -0.3 is 14.6 Å². The summed E-state index contributed by atoms with van der Waals surface area (Å²) in [5.74, 6) is 0. The number of fused-ring (bicyclic) bond motifs is 2. The molecule has 1 amide bonds. The number of hydrogen-bond donors (Lipinski definition) is 1. The molecule has 3 aromatic carbocycles. The van der Waals surface area contributed by atoms with E-state index in [1.54, 1.807) is 4.90 Å². The highest BCUT2D eigenvalue weighted by Gasteiger charge is 2.48. The Balaban J connectivity index is 1.26. The lowest BCUT2D eigenvalue weighted by Gasteiger charge is -2.51. The van der Waals surface area contributed by atoms with Crippen molar-refractivity contribution in [2.75, 3.05) is 13.2 Å². The van der Waals surface area contributed by atoms with Gasteiger partial charge in [0, 0.05) is 6.42 Å². The average molecular weight is 469 g/mol. The van der Waals surface area contributed by atoms with Crippen molar-refractivity contribution in [2.45, 2.75) is 43.6 Å². The van der Waals surface area contributed by atoms with Gasteiger partial charge in [0.1, 0.15) is 6.61 Å². The molecular formula is C29H28N2O4. The minimum Gasteiger partial charge on any atom is -0.445 e. The van der Waals surface area contributed by atoms with Gasteiger partial charge in [-0.15, -0.1) is 0 Å². The van der Waals surface area contributed by atoms with Gasteiger partial charge in [0.25, 0.3) is 0 Å². The summed E-state index contributed by atoms with van der Waals surface area (Å²) in [7, 11) is 0. The number of benzene rings is 3. The van der Waals surface area contributed by atoms with Crippen molar-refractivity contribution in [1.82, 2.24) is 4.90 Å². The first-order valence-electron chi connectivity index (χ1n) is 11.9. The van der Waals surface area contributed by atoms with E-state index in [4.69, 9.17) is 9.47 Å². The molecule has 0 radical (unpaired) electrons. The van der Waals surface area contributed by atoms with Crippen molar-refractivity contribution in [3.63, 3.8) is 0 Å². The molecule has 0 aromatic heterocycles. The van der Waals surface area contributed by atoms with Crippen LogP contribution in [0.3, 0.4) is 0 Å². The number of rotatable bonds is 5. The third-order valence-electron chi connectivity index (χ3n) is 6.90. The lowest BCUT2D eigenvalue weighted by molar-refractivity contribution is -0.132. The maximum absolute atomic E-state index is 12.9. The summed E-state index contributed by atoms with van der Waals surface area (Å²) in [6.45, 7) is 1.01. The highest BCUT2D eigenvalue weighted by atomic mass is 16.6. The highest BCUT2D eigenvalue weighted by molar-refractivity contribution is 5.70. The van der Waals surface area contributed by atoms with Gasteiger partial charge in [-0.25, -0.2) is 4.79 Å². The molecule has 2 aliphatic heterocycles. The van der Waals surface area contributed by atoms with Crippen molar-refractivity contribution in [1.29, 1.82) is 5.26 Å². The molecule has 178 valence electrons. The molecule has 0 saturated carbocycles. The molecule has 35 heavy (non-hydrogen) atoms. The Morgan fingerprint density at radius 2 is 1.63 bits per heavy atom. The van der Waals surface area contributed by atoms with Crippen LogP contribution in [0.25, 0.3) is 11.1 Å². The van der Waals surface area contributed by atoms with E-state index < -0.39 is 5.60 Å². The Hall–Kier alpha value is -3.66. The molecule has 3 aromatic rings. The smallest absolute Gasteiger partial charge is 0.410 e. The van der Waals surface area contributed by atoms with E-state index in [9.17, 15) is 15.2 Å². The Morgan fingerprint density at radius 1 is 0.971 bits per heavy atom. The number of carbonyl (C=O) groups excluding carboxylic acids is 1. The zero-order valence-electron chi connectivity index (χ0n) is 19.5. The van der Waals surface area contributed by atoms with Crippen molar-refractivity contribution in [3.05, 3.63) is 95.6 Å². The van der Waals surface area contributed by atoms with Crippen LogP contribution in [0.15, 0.2) is 78.9 Å². The third kappa shape index (κ3) is 5.07. The maximum Gasteiger partial charge on any atom is 0.410 e. The van der Waals surface area contributed by atoms with Crippen LogP contribution in [0.5, 0.6) is 0 Å². The molecule has 2 aliphatic rings. The Labute approximate surface area is 205 Å². The molecule has 2 atom stereocenters. The number of morpholine rings is 1. The molecule has 6 heteroatoms. The fraction of sp³-hybridized carbons (Fsp3) is 0.310. The van der Waals surface area contributed by atoms with Crippen LogP contribution in [0.4, 0.5) is 4.79 Å². The van der Waals surface area contributed by atoms with Gasteiger partial charge in [-0.1, -0.05) is 72.8 Å². The van der Waals surface area contributed by atoms with E-state index in [0.717, 1.165) is 22.3 Å². The SMILES string of the molecule is N#Cc1ccccc1-c1ccc(CC2(O)CC3COCC(C2)N3C(=O)OCc2ccccc2)cc1. The largest absolute Gasteiger partial charge is 0.445 e. The number of aliphatic hydroxyl groups is 1. The van der Waals surface area contributed by atoms with E-state index in [1.165, 1.54) is 0 Å². The molecule has 2 unspecified atom stereocenters. The molecule has 6 nitrogen and oxygen atoms in total. The van der Waals surface area contributed by atoms with Crippen LogP contribution < -0.4 is 0 Å². The first-order chi connectivity index (χ1) is 17.0. The van der Waals surface area contributed by atoms with Gasteiger partial charge in [-0.3, -0.25) is 4.90 Å². The molecule has 2 bridgehead atoms. The number of ether oxygens (including phenoxy) is 2. The quantitative estimate of drug-likeness (QED) is 0.587. The van der Waals surface area contributed by atoms with Crippen molar-refractivity contribution < 1.29 is 19.4 Å². The fourth-order valence-corrected chi connectivity index (χ4v) is 5.32. The average Bonchev–Trinajstić information content (AvgIpc) is 2.87. The Bertz CT molecular complexity index is 1210. The van der Waals surface area contributed by atoms with Crippen molar-refractivity contribution >= 4 is 6.09 Å². The standard InChI is InChI=1S/C29H28N2O4/c30-17-24-8-4-5-9-27(24)23-12-10-21(11-13-23)14-29(33)15-25-19-34-20-26(16-29)31(25)28(32)35-18-22-6-2-1-3-7-22/h1-13,25-26,33H,14-16,18-20H2. The Morgan fingerprint density at radius 3 is 2.31 bits per heavy atom. The fourth-order valence-electron chi connectivity index (χ4n) is 5.32. The first-order valence-corrected chi connectivity index (χ1v) is 11.9. The molecule has 2 fully saturated rings.